The molecule has 0 aromatic rings. The average Bonchev–Trinajstić information content (AvgIpc) is 1.85. The Hall–Kier alpha value is -1.54. The van der Waals surface area contributed by atoms with E-state index in [1.165, 1.54) is 0 Å². The van der Waals surface area contributed by atoms with Gasteiger partial charge in [-0.1, -0.05) is 0 Å². The van der Waals surface area contributed by atoms with Gasteiger partial charge in [-0.3, -0.25) is 0 Å². The quantitative estimate of drug-likeness (QED) is 0.300. The predicted octanol–water partition coefficient (Wildman–Crippen LogP) is -1.08. The number of primary amides is 2. The number of nitrogens with two attached hydrogens (primary N) is 2. The van der Waals surface area contributed by atoms with Crippen LogP contribution in [0, 0.1) is 0 Å². The molecular formula is C6H20N4O4. The Morgan fingerprint density at radius 3 is 0.857 bits per heavy atom. The Morgan fingerprint density at radius 1 is 0.857 bits per heavy atom. The maximum absolute atomic E-state index is 8.78. The van der Waals surface area contributed by atoms with E-state index < -0.39 is 12.2 Å². The van der Waals surface area contributed by atoms with Gasteiger partial charge in [-0.15, -0.1) is 0 Å². The molecule has 0 aliphatic heterocycles. The van der Waals surface area contributed by atoms with Crippen molar-refractivity contribution in [3.63, 3.8) is 0 Å². The Labute approximate surface area is 83.3 Å². The number of amides is 2. The van der Waals surface area contributed by atoms with Crippen LogP contribution in [0.5, 0.6) is 0 Å². The van der Waals surface area contributed by atoms with Crippen LogP contribution in [0.2, 0.25) is 0 Å². The lowest BCUT2D eigenvalue weighted by Gasteiger charge is -1.61. The van der Waals surface area contributed by atoms with Crippen molar-refractivity contribution in [1.29, 1.82) is 0 Å². The second-order valence-electron chi connectivity index (χ2n) is 1.68. The first-order valence-corrected chi connectivity index (χ1v) is 3.43. The minimum absolute atomic E-state index is 1.33. The molecule has 0 bridgehead atoms. The smallest absolute Gasteiger partial charge is 0.402 e. The Morgan fingerprint density at radius 2 is 0.857 bits per heavy atom. The molecule has 0 saturated carbocycles. The fraction of sp³-hybridized carbons (Fsp3) is 0.667. The summed E-state index contributed by atoms with van der Waals surface area (Å²) in [5.41, 5.74) is 8.06. The second-order valence-corrected chi connectivity index (χ2v) is 1.68. The summed E-state index contributed by atoms with van der Waals surface area (Å²) < 4.78 is 0. The van der Waals surface area contributed by atoms with E-state index in [4.69, 9.17) is 19.8 Å². The van der Waals surface area contributed by atoms with Crippen LogP contribution in [-0.4, -0.2) is 50.6 Å². The van der Waals surface area contributed by atoms with Crippen LogP contribution in [0.4, 0.5) is 9.59 Å². The van der Waals surface area contributed by atoms with Gasteiger partial charge in [0.1, 0.15) is 0 Å². The van der Waals surface area contributed by atoms with Gasteiger partial charge < -0.3 is 32.3 Å². The molecule has 8 nitrogen and oxygen atoms in total. The van der Waals surface area contributed by atoms with Crippen molar-refractivity contribution < 1.29 is 19.8 Å². The summed E-state index contributed by atoms with van der Waals surface area (Å²) in [7, 11) is 7.50. The number of carboxylic acid groups (broad SMARTS) is 2. The summed E-state index contributed by atoms with van der Waals surface area (Å²) in [5.74, 6) is 0. The first-order valence-electron chi connectivity index (χ1n) is 3.43. The van der Waals surface area contributed by atoms with Crippen molar-refractivity contribution in [2.75, 3.05) is 28.2 Å². The summed E-state index contributed by atoms with van der Waals surface area (Å²) in [6, 6.07) is 0. The summed E-state index contributed by atoms with van der Waals surface area (Å²) in [6.45, 7) is 0. The van der Waals surface area contributed by atoms with E-state index in [0.29, 0.717) is 0 Å². The van der Waals surface area contributed by atoms with E-state index in [9.17, 15) is 0 Å². The van der Waals surface area contributed by atoms with Gasteiger partial charge in [-0.05, 0) is 28.2 Å². The molecule has 88 valence electrons. The van der Waals surface area contributed by atoms with Crippen molar-refractivity contribution >= 4 is 12.2 Å². The van der Waals surface area contributed by atoms with E-state index in [2.05, 4.69) is 22.1 Å². The highest BCUT2D eigenvalue weighted by Crippen LogP contribution is 1.35. The van der Waals surface area contributed by atoms with Crippen LogP contribution < -0.4 is 22.1 Å². The highest BCUT2D eigenvalue weighted by atomic mass is 16.4. The third kappa shape index (κ3) is 395. The lowest BCUT2D eigenvalue weighted by atomic mass is 11.3. The molecular weight excluding hydrogens is 192 g/mol. The number of hydrogen-bond acceptors (Lipinski definition) is 4. The topological polar surface area (TPSA) is 151 Å². The van der Waals surface area contributed by atoms with E-state index in [1.807, 2.05) is 28.2 Å². The lowest BCUT2D eigenvalue weighted by Crippen LogP contribution is -2.03. The van der Waals surface area contributed by atoms with Gasteiger partial charge in [0.2, 0.25) is 0 Å². The standard InChI is InChI=1S/2C2H7N.2CH3NO2/c2*1-3-2;2*2-1(3)4/h2*3H,1-2H3;2*2H2,(H,3,4). The molecule has 0 heterocycles. The molecule has 2 amide bonds. The van der Waals surface area contributed by atoms with Crippen molar-refractivity contribution in [2.45, 2.75) is 0 Å². The molecule has 0 unspecified atom stereocenters. The van der Waals surface area contributed by atoms with E-state index in [0.717, 1.165) is 0 Å². The lowest BCUT2D eigenvalue weighted by molar-refractivity contribution is 0.204. The summed E-state index contributed by atoms with van der Waals surface area (Å²) >= 11 is 0. The maximum Gasteiger partial charge on any atom is 0.402 e. The number of carbonyl (C=O) groups is 2. The molecule has 0 aromatic carbocycles. The van der Waals surface area contributed by atoms with Crippen molar-refractivity contribution in [2.24, 2.45) is 11.5 Å². The fourth-order valence-electron chi connectivity index (χ4n) is 0. The number of nitrogens with one attached hydrogen (secondary N) is 2. The van der Waals surface area contributed by atoms with Gasteiger partial charge in [-0.25, -0.2) is 9.59 Å². The van der Waals surface area contributed by atoms with E-state index in [-0.39, 0.29) is 0 Å². The molecule has 0 spiro atoms. The molecule has 0 atom stereocenters. The first-order chi connectivity index (χ1) is 6.29. The zero-order valence-corrected chi connectivity index (χ0v) is 8.87. The van der Waals surface area contributed by atoms with Gasteiger partial charge in [0.15, 0.2) is 0 Å². The molecule has 0 aliphatic carbocycles. The molecule has 0 radical (unpaired) electrons. The van der Waals surface area contributed by atoms with Crippen molar-refractivity contribution in [3.05, 3.63) is 0 Å². The molecule has 0 aromatic heterocycles. The van der Waals surface area contributed by atoms with Gasteiger partial charge in [0.25, 0.3) is 0 Å². The normalized spacial score (nSPS) is 6.00. The molecule has 0 saturated heterocycles. The Bertz CT molecular complexity index is 98.4. The molecule has 8 N–H and O–H groups in total. The van der Waals surface area contributed by atoms with E-state index >= 15 is 0 Å². The van der Waals surface area contributed by atoms with Crippen molar-refractivity contribution in [1.82, 2.24) is 10.6 Å². The molecule has 0 rings (SSSR count). The molecule has 0 fully saturated rings. The van der Waals surface area contributed by atoms with Crippen LogP contribution in [0.15, 0.2) is 0 Å². The summed E-state index contributed by atoms with van der Waals surface area (Å²) in [5, 5.41) is 19.9. The molecule has 8 heteroatoms. The maximum atomic E-state index is 8.78. The molecule has 0 aliphatic rings. The Balaban J connectivity index is -0.0000000482. The fourth-order valence-corrected chi connectivity index (χ4v) is 0. The van der Waals surface area contributed by atoms with Gasteiger partial charge in [0.05, 0.1) is 0 Å². The van der Waals surface area contributed by atoms with Crippen LogP contribution in [0.3, 0.4) is 0 Å². The minimum Gasteiger partial charge on any atom is -0.465 e. The Kier molecular flexibility index (Phi) is 49.1. The van der Waals surface area contributed by atoms with Crippen LogP contribution in [-0.2, 0) is 0 Å². The summed E-state index contributed by atoms with van der Waals surface area (Å²) in [6.07, 6.45) is -2.67. The van der Waals surface area contributed by atoms with Crippen LogP contribution >= 0.6 is 0 Å². The monoisotopic (exact) mass is 212 g/mol. The second kappa shape index (κ2) is 30.0. The third-order valence-electron chi connectivity index (χ3n) is 0. The van der Waals surface area contributed by atoms with Gasteiger partial charge in [-0.2, -0.15) is 0 Å². The highest BCUT2D eigenvalue weighted by molar-refractivity contribution is 5.61. The van der Waals surface area contributed by atoms with Crippen LogP contribution in [0.25, 0.3) is 0 Å². The predicted molar refractivity (Wildman–Crippen MR) is 54.4 cm³/mol. The van der Waals surface area contributed by atoms with Gasteiger partial charge >= 0.3 is 12.2 Å². The number of rotatable bonds is 0. The third-order valence-corrected chi connectivity index (χ3v) is 0. The van der Waals surface area contributed by atoms with Crippen molar-refractivity contribution in [3.8, 4) is 0 Å². The largest absolute Gasteiger partial charge is 0.465 e. The zero-order valence-electron chi connectivity index (χ0n) is 8.87. The van der Waals surface area contributed by atoms with Crippen LogP contribution in [0.1, 0.15) is 0 Å². The minimum atomic E-state index is -1.33. The highest BCUT2D eigenvalue weighted by Gasteiger charge is 1.65. The zero-order chi connectivity index (χ0) is 12.6. The average molecular weight is 212 g/mol. The SMILES string of the molecule is CNC.CNC.NC(=O)O.NC(=O)O. The molecule has 14 heavy (non-hydrogen) atoms. The summed E-state index contributed by atoms with van der Waals surface area (Å²) in [4.78, 5) is 17.6. The first kappa shape index (κ1) is 22.9. The van der Waals surface area contributed by atoms with E-state index in [1.54, 1.807) is 0 Å². The van der Waals surface area contributed by atoms with Gasteiger partial charge in [0, 0.05) is 0 Å². The number of hydrogen-bond donors (Lipinski definition) is 6.